The van der Waals surface area contributed by atoms with Crippen molar-refractivity contribution in [3.63, 3.8) is 0 Å². The quantitative estimate of drug-likeness (QED) is 0.547. The Labute approximate surface area is 48.3 Å². The number of aliphatic carboxylic acids is 1. The lowest BCUT2D eigenvalue weighted by Gasteiger charge is -1.94. The van der Waals surface area contributed by atoms with Gasteiger partial charge in [-0.2, -0.15) is 0 Å². The fraction of sp³-hybridized carbons (Fsp3) is 0.800. The van der Waals surface area contributed by atoms with E-state index in [2.05, 4.69) is 4.74 Å². The van der Waals surface area contributed by atoms with Gasteiger partial charge >= 0.3 is 5.97 Å². The van der Waals surface area contributed by atoms with Gasteiger partial charge in [-0.05, 0) is 6.42 Å². The van der Waals surface area contributed by atoms with Crippen molar-refractivity contribution in [1.29, 1.82) is 0 Å². The highest BCUT2D eigenvalue weighted by Gasteiger charge is 1.92. The monoisotopic (exact) mass is 118 g/mol. The molecule has 0 saturated heterocycles. The predicted molar refractivity (Wildman–Crippen MR) is 28.7 cm³/mol. The summed E-state index contributed by atoms with van der Waals surface area (Å²) in [6.07, 6.45) is 0.868. The molecule has 0 fully saturated rings. The van der Waals surface area contributed by atoms with E-state index in [-0.39, 0.29) is 6.61 Å². The number of hydrogen-bond donors (Lipinski definition) is 1. The summed E-state index contributed by atoms with van der Waals surface area (Å²) in [5, 5.41) is 8.02. The van der Waals surface area contributed by atoms with Gasteiger partial charge in [0.15, 0.2) is 0 Å². The summed E-state index contributed by atoms with van der Waals surface area (Å²) in [4.78, 5) is 9.75. The van der Waals surface area contributed by atoms with Crippen LogP contribution in [-0.4, -0.2) is 24.3 Å². The molecule has 0 bridgehead atoms. The Hall–Kier alpha value is -0.570. The number of carbonyl (C=O) groups is 1. The van der Waals surface area contributed by atoms with Crippen LogP contribution in [0.3, 0.4) is 0 Å². The molecule has 48 valence electrons. The van der Waals surface area contributed by atoms with E-state index in [4.69, 9.17) is 5.11 Å². The van der Waals surface area contributed by atoms with Crippen LogP contribution in [0.4, 0.5) is 0 Å². The van der Waals surface area contributed by atoms with Gasteiger partial charge in [-0.3, -0.25) is 0 Å². The summed E-state index contributed by atoms with van der Waals surface area (Å²) >= 11 is 0. The molecular formula is C5H10O3. The van der Waals surface area contributed by atoms with E-state index in [9.17, 15) is 4.79 Å². The molecule has 0 rings (SSSR count). The average molecular weight is 118 g/mol. The van der Waals surface area contributed by atoms with Gasteiger partial charge in [0.2, 0.25) is 0 Å². The van der Waals surface area contributed by atoms with E-state index in [0.717, 1.165) is 6.42 Å². The molecule has 0 radical (unpaired) electrons. The van der Waals surface area contributed by atoms with Gasteiger partial charge < -0.3 is 9.84 Å². The van der Waals surface area contributed by atoms with Gasteiger partial charge in [-0.1, -0.05) is 6.92 Å². The van der Waals surface area contributed by atoms with Crippen molar-refractivity contribution in [2.75, 3.05) is 13.2 Å². The predicted octanol–water partition coefficient (Wildman–Crippen LogP) is 0.498. The van der Waals surface area contributed by atoms with Gasteiger partial charge in [0.25, 0.3) is 0 Å². The van der Waals surface area contributed by atoms with Crippen molar-refractivity contribution >= 4 is 5.97 Å². The number of ether oxygens (including phenoxy) is 1. The van der Waals surface area contributed by atoms with Gasteiger partial charge in [0.1, 0.15) is 6.61 Å². The Morgan fingerprint density at radius 2 is 2.38 bits per heavy atom. The highest BCUT2D eigenvalue weighted by atomic mass is 16.5. The van der Waals surface area contributed by atoms with E-state index >= 15 is 0 Å². The zero-order valence-corrected chi connectivity index (χ0v) is 4.89. The molecule has 8 heavy (non-hydrogen) atoms. The van der Waals surface area contributed by atoms with Crippen molar-refractivity contribution in [3.05, 3.63) is 0 Å². The van der Waals surface area contributed by atoms with Crippen LogP contribution in [0.25, 0.3) is 0 Å². The molecule has 0 aliphatic carbocycles. The van der Waals surface area contributed by atoms with Gasteiger partial charge in [-0.15, -0.1) is 0 Å². The molecule has 0 unspecified atom stereocenters. The third-order valence-electron chi connectivity index (χ3n) is 0.574. The Balaban J connectivity index is 2.82. The third kappa shape index (κ3) is 5.43. The van der Waals surface area contributed by atoms with Crippen LogP contribution in [-0.2, 0) is 9.53 Å². The highest BCUT2D eigenvalue weighted by molar-refractivity contribution is 5.67. The van der Waals surface area contributed by atoms with Crippen molar-refractivity contribution in [2.45, 2.75) is 13.3 Å². The fourth-order valence-electron chi connectivity index (χ4n) is 0.304. The second kappa shape index (κ2) is 4.59. The molecule has 0 spiro atoms. The largest absolute Gasteiger partial charge is 0.480 e. The summed E-state index contributed by atoms with van der Waals surface area (Å²) in [6, 6.07) is 0. The minimum absolute atomic E-state index is 0.173. The van der Waals surface area contributed by atoms with Crippen molar-refractivity contribution in [3.8, 4) is 0 Å². The molecule has 0 aliphatic heterocycles. The van der Waals surface area contributed by atoms with E-state index in [1.54, 1.807) is 0 Å². The van der Waals surface area contributed by atoms with E-state index < -0.39 is 5.97 Å². The Morgan fingerprint density at radius 3 is 2.75 bits per heavy atom. The molecule has 0 atom stereocenters. The van der Waals surface area contributed by atoms with E-state index in [0.29, 0.717) is 6.61 Å². The molecule has 3 heteroatoms. The normalized spacial score (nSPS) is 9.12. The Bertz CT molecular complexity index is 70.1. The Morgan fingerprint density at radius 1 is 1.75 bits per heavy atom. The van der Waals surface area contributed by atoms with Crippen LogP contribution in [0.2, 0.25) is 0 Å². The maximum Gasteiger partial charge on any atom is 0.329 e. The Kier molecular flexibility index (Phi) is 4.26. The first-order valence-electron chi connectivity index (χ1n) is 2.57. The van der Waals surface area contributed by atoms with Crippen molar-refractivity contribution < 1.29 is 14.6 Å². The maximum absolute atomic E-state index is 9.75. The second-order valence-corrected chi connectivity index (χ2v) is 1.45. The first-order valence-corrected chi connectivity index (χ1v) is 2.57. The van der Waals surface area contributed by atoms with Crippen LogP contribution >= 0.6 is 0 Å². The van der Waals surface area contributed by atoms with E-state index in [1.807, 2.05) is 6.92 Å². The summed E-state index contributed by atoms with van der Waals surface area (Å²) in [5.41, 5.74) is 0. The summed E-state index contributed by atoms with van der Waals surface area (Å²) < 4.78 is 4.64. The first kappa shape index (κ1) is 7.43. The third-order valence-corrected chi connectivity index (χ3v) is 0.574. The maximum atomic E-state index is 9.75. The number of carboxylic acid groups (broad SMARTS) is 1. The van der Waals surface area contributed by atoms with Gasteiger partial charge in [-0.25, -0.2) is 4.79 Å². The number of carboxylic acids is 1. The topological polar surface area (TPSA) is 46.5 Å². The number of rotatable bonds is 4. The molecule has 0 aromatic carbocycles. The minimum atomic E-state index is -0.904. The summed E-state index contributed by atoms with van der Waals surface area (Å²) in [7, 11) is 0. The molecule has 1 N–H and O–H groups in total. The summed E-state index contributed by atoms with van der Waals surface area (Å²) in [6.45, 7) is 2.29. The SMILES string of the molecule is CCCOCC(=O)O. The summed E-state index contributed by atoms with van der Waals surface area (Å²) in [5.74, 6) is -0.904. The molecule has 0 aromatic rings. The highest BCUT2D eigenvalue weighted by Crippen LogP contribution is 1.78. The van der Waals surface area contributed by atoms with Crippen molar-refractivity contribution in [2.24, 2.45) is 0 Å². The molecule has 0 heterocycles. The van der Waals surface area contributed by atoms with Crippen molar-refractivity contribution in [1.82, 2.24) is 0 Å². The second-order valence-electron chi connectivity index (χ2n) is 1.45. The zero-order valence-electron chi connectivity index (χ0n) is 4.89. The molecule has 0 aromatic heterocycles. The first-order chi connectivity index (χ1) is 3.77. The molecule has 3 nitrogen and oxygen atoms in total. The smallest absolute Gasteiger partial charge is 0.329 e. The number of hydrogen-bond acceptors (Lipinski definition) is 2. The zero-order chi connectivity index (χ0) is 6.41. The van der Waals surface area contributed by atoms with Crippen LogP contribution in [0.5, 0.6) is 0 Å². The molecule has 0 amide bonds. The lowest BCUT2D eigenvalue weighted by atomic mass is 10.5. The molecule has 0 aliphatic rings. The van der Waals surface area contributed by atoms with Gasteiger partial charge in [0.05, 0.1) is 0 Å². The minimum Gasteiger partial charge on any atom is -0.480 e. The average Bonchev–Trinajstić information content (AvgIpc) is 1.66. The van der Waals surface area contributed by atoms with Gasteiger partial charge in [0, 0.05) is 6.61 Å². The van der Waals surface area contributed by atoms with Crippen LogP contribution in [0.1, 0.15) is 13.3 Å². The standard InChI is InChI=1S/C5H10O3/c1-2-3-8-4-5(6)7/h2-4H2,1H3,(H,6,7). The van der Waals surface area contributed by atoms with Crippen LogP contribution < -0.4 is 0 Å². The lowest BCUT2D eigenvalue weighted by Crippen LogP contribution is -2.06. The fourth-order valence-corrected chi connectivity index (χ4v) is 0.304. The lowest BCUT2D eigenvalue weighted by molar-refractivity contribution is -0.142. The van der Waals surface area contributed by atoms with Crippen LogP contribution in [0.15, 0.2) is 0 Å². The van der Waals surface area contributed by atoms with E-state index in [1.165, 1.54) is 0 Å². The molecular weight excluding hydrogens is 108 g/mol. The van der Waals surface area contributed by atoms with Crippen LogP contribution in [0, 0.1) is 0 Å². The molecule has 0 saturated carbocycles.